The number of morpholine rings is 1. The molecule has 0 radical (unpaired) electrons. The summed E-state index contributed by atoms with van der Waals surface area (Å²) in [5, 5.41) is 0. The molecule has 0 amide bonds. The second-order valence-corrected chi connectivity index (χ2v) is 5.07. The first kappa shape index (κ1) is 13.8. The van der Waals surface area contributed by atoms with Gasteiger partial charge in [-0.2, -0.15) is 0 Å². The van der Waals surface area contributed by atoms with Crippen molar-refractivity contribution in [1.29, 1.82) is 0 Å². The van der Waals surface area contributed by atoms with Crippen LogP contribution in [0.25, 0.3) is 0 Å². The van der Waals surface area contributed by atoms with Gasteiger partial charge in [-0.1, -0.05) is 0 Å². The number of ether oxygens (including phenoxy) is 2. The average Bonchev–Trinajstić information content (AvgIpc) is 2.88. The summed E-state index contributed by atoms with van der Waals surface area (Å²) in [4.78, 5) is 16.0. The van der Waals surface area contributed by atoms with Gasteiger partial charge in [0.05, 0.1) is 20.3 Å². The minimum atomic E-state index is -0.0982. The van der Waals surface area contributed by atoms with Crippen LogP contribution in [-0.2, 0) is 14.3 Å². The zero-order valence-corrected chi connectivity index (χ0v) is 11.3. The lowest BCUT2D eigenvalue weighted by molar-refractivity contribution is -0.140. The van der Waals surface area contributed by atoms with E-state index in [0.29, 0.717) is 12.5 Å². The van der Waals surface area contributed by atoms with Crippen LogP contribution < -0.4 is 0 Å². The van der Waals surface area contributed by atoms with Crippen molar-refractivity contribution in [2.45, 2.75) is 25.3 Å². The Kier molecular flexibility index (Phi) is 5.41. The second kappa shape index (κ2) is 7.07. The third kappa shape index (κ3) is 3.93. The molecule has 0 bridgehead atoms. The summed E-state index contributed by atoms with van der Waals surface area (Å²) in [6.45, 7) is 7.19. The number of carbonyl (C=O) groups excluding carboxylic acids is 1. The summed E-state index contributed by atoms with van der Waals surface area (Å²) in [5.74, 6) is -0.0982. The molecule has 2 saturated heterocycles. The van der Waals surface area contributed by atoms with E-state index in [1.165, 1.54) is 13.5 Å². The Balaban J connectivity index is 1.63. The first-order valence-corrected chi connectivity index (χ1v) is 6.90. The Morgan fingerprint density at radius 3 is 2.83 bits per heavy atom. The third-order valence-corrected chi connectivity index (χ3v) is 3.89. The number of esters is 1. The maximum Gasteiger partial charge on any atom is 0.305 e. The molecule has 0 saturated carbocycles. The molecule has 0 aliphatic carbocycles. The van der Waals surface area contributed by atoms with Crippen molar-refractivity contribution < 1.29 is 14.3 Å². The van der Waals surface area contributed by atoms with Gasteiger partial charge in [0.15, 0.2) is 0 Å². The zero-order chi connectivity index (χ0) is 12.8. The molecule has 2 fully saturated rings. The van der Waals surface area contributed by atoms with Crippen molar-refractivity contribution >= 4 is 5.97 Å². The molecule has 5 nitrogen and oxygen atoms in total. The fourth-order valence-corrected chi connectivity index (χ4v) is 2.81. The van der Waals surface area contributed by atoms with Crippen LogP contribution in [0.2, 0.25) is 0 Å². The van der Waals surface area contributed by atoms with Crippen LogP contribution in [0.15, 0.2) is 0 Å². The topological polar surface area (TPSA) is 42.0 Å². The second-order valence-electron chi connectivity index (χ2n) is 5.07. The van der Waals surface area contributed by atoms with E-state index in [1.807, 2.05) is 0 Å². The highest BCUT2D eigenvalue weighted by atomic mass is 16.5. The molecule has 1 unspecified atom stereocenters. The number of hydrogen-bond acceptors (Lipinski definition) is 5. The summed E-state index contributed by atoms with van der Waals surface area (Å²) in [5.41, 5.74) is 0. The van der Waals surface area contributed by atoms with E-state index in [-0.39, 0.29) is 5.97 Å². The van der Waals surface area contributed by atoms with Crippen LogP contribution in [-0.4, -0.2) is 74.9 Å². The van der Waals surface area contributed by atoms with E-state index in [9.17, 15) is 4.79 Å². The van der Waals surface area contributed by atoms with E-state index in [1.54, 1.807) is 0 Å². The molecule has 2 aliphatic rings. The van der Waals surface area contributed by atoms with Crippen molar-refractivity contribution in [2.24, 2.45) is 0 Å². The van der Waals surface area contributed by atoms with Gasteiger partial charge >= 0.3 is 5.97 Å². The number of likely N-dealkylation sites (tertiary alicyclic amines) is 1. The minimum absolute atomic E-state index is 0.0982. The van der Waals surface area contributed by atoms with Crippen LogP contribution in [0.3, 0.4) is 0 Å². The maximum absolute atomic E-state index is 11.0. The van der Waals surface area contributed by atoms with E-state index in [0.717, 1.165) is 52.4 Å². The van der Waals surface area contributed by atoms with Crippen LogP contribution in [0.4, 0.5) is 0 Å². The third-order valence-electron chi connectivity index (χ3n) is 3.89. The lowest BCUT2D eigenvalue weighted by atomic mass is 10.2. The van der Waals surface area contributed by atoms with Gasteiger partial charge in [0.25, 0.3) is 0 Å². The molecular weight excluding hydrogens is 232 g/mol. The highest BCUT2D eigenvalue weighted by Crippen LogP contribution is 2.17. The summed E-state index contributed by atoms with van der Waals surface area (Å²) in [7, 11) is 1.45. The standard InChI is InChI=1S/C13H24N2O3/c1-17-13(16)3-2-5-14-6-4-12(11-14)15-7-9-18-10-8-15/h12H,2-11H2,1H3. The average molecular weight is 256 g/mol. The molecule has 2 heterocycles. The fraction of sp³-hybridized carbons (Fsp3) is 0.923. The number of methoxy groups -OCH3 is 1. The fourth-order valence-electron chi connectivity index (χ4n) is 2.81. The van der Waals surface area contributed by atoms with Crippen LogP contribution in [0.1, 0.15) is 19.3 Å². The smallest absolute Gasteiger partial charge is 0.305 e. The summed E-state index contributed by atoms with van der Waals surface area (Å²) in [6, 6.07) is 0.687. The largest absolute Gasteiger partial charge is 0.469 e. The molecule has 0 N–H and O–H groups in total. The monoisotopic (exact) mass is 256 g/mol. The van der Waals surface area contributed by atoms with Gasteiger partial charge in [-0.25, -0.2) is 0 Å². The van der Waals surface area contributed by atoms with Gasteiger partial charge in [0.1, 0.15) is 0 Å². The SMILES string of the molecule is COC(=O)CCCN1CCC(N2CCOCC2)C1. The van der Waals surface area contributed by atoms with Crippen molar-refractivity contribution in [3.05, 3.63) is 0 Å². The maximum atomic E-state index is 11.0. The zero-order valence-electron chi connectivity index (χ0n) is 11.3. The van der Waals surface area contributed by atoms with Crippen molar-refractivity contribution in [3.63, 3.8) is 0 Å². The van der Waals surface area contributed by atoms with Crippen molar-refractivity contribution in [2.75, 3.05) is 53.0 Å². The first-order chi connectivity index (χ1) is 8.79. The molecular formula is C13H24N2O3. The summed E-state index contributed by atoms with van der Waals surface area (Å²) >= 11 is 0. The first-order valence-electron chi connectivity index (χ1n) is 6.90. The Morgan fingerprint density at radius 1 is 1.33 bits per heavy atom. The summed E-state index contributed by atoms with van der Waals surface area (Å²) in [6.07, 6.45) is 2.69. The molecule has 18 heavy (non-hydrogen) atoms. The van der Waals surface area contributed by atoms with E-state index >= 15 is 0 Å². The van der Waals surface area contributed by atoms with Gasteiger partial charge < -0.3 is 14.4 Å². The molecule has 2 rings (SSSR count). The summed E-state index contributed by atoms with van der Waals surface area (Å²) < 4.78 is 10.0. The Bertz CT molecular complexity index is 267. The molecule has 5 heteroatoms. The minimum Gasteiger partial charge on any atom is -0.469 e. The molecule has 0 spiro atoms. The van der Waals surface area contributed by atoms with Crippen molar-refractivity contribution in [3.8, 4) is 0 Å². The Labute approximate surface area is 109 Å². The van der Waals surface area contributed by atoms with Gasteiger partial charge in [0, 0.05) is 32.1 Å². The Hall–Kier alpha value is -0.650. The Morgan fingerprint density at radius 2 is 2.11 bits per heavy atom. The highest BCUT2D eigenvalue weighted by molar-refractivity contribution is 5.69. The lowest BCUT2D eigenvalue weighted by Crippen LogP contribution is -2.44. The highest BCUT2D eigenvalue weighted by Gasteiger charge is 2.28. The predicted octanol–water partition coefficient (Wildman–Crippen LogP) is 0.346. The molecule has 0 aromatic heterocycles. The number of nitrogens with zero attached hydrogens (tertiary/aromatic N) is 2. The van der Waals surface area contributed by atoms with E-state index in [2.05, 4.69) is 14.5 Å². The number of hydrogen-bond donors (Lipinski definition) is 0. The van der Waals surface area contributed by atoms with Gasteiger partial charge in [-0.15, -0.1) is 0 Å². The van der Waals surface area contributed by atoms with Crippen LogP contribution in [0.5, 0.6) is 0 Å². The quantitative estimate of drug-likeness (QED) is 0.664. The lowest BCUT2D eigenvalue weighted by Gasteiger charge is -2.32. The van der Waals surface area contributed by atoms with E-state index < -0.39 is 0 Å². The van der Waals surface area contributed by atoms with Gasteiger partial charge in [-0.05, 0) is 25.9 Å². The number of rotatable bonds is 5. The number of carbonyl (C=O) groups is 1. The molecule has 2 aliphatic heterocycles. The molecule has 0 aromatic carbocycles. The van der Waals surface area contributed by atoms with Gasteiger partial charge in [-0.3, -0.25) is 9.69 Å². The normalized spacial score (nSPS) is 26.4. The van der Waals surface area contributed by atoms with E-state index in [4.69, 9.17) is 4.74 Å². The molecule has 104 valence electrons. The van der Waals surface area contributed by atoms with Crippen LogP contribution in [0, 0.1) is 0 Å². The molecule has 1 atom stereocenters. The van der Waals surface area contributed by atoms with Gasteiger partial charge in [0.2, 0.25) is 0 Å². The predicted molar refractivity (Wildman–Crippen MR) is 68.5 cm³/mol. The van der Waals surface area contributed by atoms with Crippen LogP contribution >= 0.6 is 0 Å². The molecule has 0 aromatic rings. The van der Waals surface area contributed by atoms with Crippen molar-refractivity contribution in [1.82, 2.24) is 9.80 Å².